The molecular weight excluding hydrogens is 220 g/mol. The van der Waals surface area contributed by atoms with Gasteiger partial charge in [-0.15, -0.1) is 0 Å². The first-order chi connectivity index (χ1) is 7.85. The maximum absolute atomic E-state index is 5.35. The summed E-state index contributed by atoms with van der Waals surface area (Å²) in [5.74, 6) is 2.01. The van der Waals surface area contributed by atoms with Crippen LogP contribution < -0.4 is 5.32 Å². The number of aromatic nitrogens is 1. The molecule has 0 spiro atoms. The molecule has 0 fully saturated rings. The molecule has 1 atom stereocenters. The predicted octanol–water partition coefficient (Wildman–Crippen LogP) is 3.38. The zero-order valence-electron chi connectivity index (χ0n) is 9.56. The third kappa shape index (κ3) is 2.32. The number of rotatable bonds is 5. The first kappa shape index (κ1) is 11.3. The zero-order valence-corrected chi connectivity index (χ0v) is 10.4. The van der Waals surface area contributed by atoms with E-state index in [9.17, 15) is 0 Å². The van der Waals surface area contributed by atoms with Crippen LogP contribution in [0.25, 0.3) is 11.0 Å². The third-order valence-electron chi connectivity index (χ3n) is 2.58. The summed E-state index contributed by atoms with van der Waals surface area (Å²) >= 11 is 1.85. The van der Waals surface area contributed by atoms with Crippen molar-refractivity contribution in [1.82, 2.24) is 4.98 Å². The highest BCUT2D eigenvalue weighted by atomic mass is 32.2. The van der Waals surface area contributed by atoms with Crippen LogP contribution in [-0.2, 0) is 0 Å². The lowest BCUT2D eigenvalue weighted by molar-refractivity contribution is 0.615. The quantitative estimate of drug-likeness (QED) is 0.863. The summed E-state index contributed by atoms with van der Waals surface area (Å²) in [4.78, 5) is 4.37. The molecule has 0 saturated carbocycles. The molecular formula is C12H16N2OS. The average Bonchev–Trinajstić information content (AvgIpc) is 2.77. The third-order valence-corrected chi connectivity index (χ3v) is 3.32. The summed E-state index contributed by atoms with van der Waals surface area (Å²) in [7, 11) is 0. The number of thioether (sulfide) groups is 1. The molecule has 1 unspecified atom stereocenters. The minimum absolute atomic E-state index is 0.461. The molecule has 0 radical (unpaired) electrons. The number of nitrogens with one attached hydrogen (secondary N) is 1. The Bertz CT molecular complexity index is 455. The second kappa shape index (κ2) is 5.25. The first-order valence-electron chi connectivity index (χ1n) is 5.42. The highest BCUT2D eigenvalue weighted by Crippen LogP contribution is 2.23. The Labute approximate surface area is 99.6 Å². The van der Waals surface area contributed by atoms with Gasteiger partial charge >= 0.3 is 0 Å². The number of pyridine rings is 1. The van der Waals surface area contributed by atoms with Crippen molar-refractivity contribution < 1.29 is 4.42 Å². The summed E-state index contributed by atoms with van der Waals surface area (Å²) in [5.41, 5.74) is 0.886. The van der Waals surface area contributed by atoms with E-state index >= 15 is 0 Å². The molecule has 2 rings (SSSR count). The zero-order chi connectivity index (χ0) is 11.4. The minimum Gasteiger partial charge on any atom is -0.464 e. The van der Waals surface area contributed by atoms with E-state index in [4.69, 9.17) is 4.42 Å². The van der Waals surface area contributed by atoms with Gasteiger partial charge in [-0.1, -0.05) is 6.92 Å². The molecule has 1 N–H and O–H groups in total. The van der Waals surface area contributed by atoms with Gasteiger partial charge in [0.15, 0.2) is 0 Å². The fourth-order valence-electron chi connectivity index (χ4n) is 1.67. The van der Waals surface area contributed by atoms with E-state index in [1.165, 1.54) is 0 Å². The molecule has 0 aliphatic carbocycles. The van der Waals surface area contributed by atoms with Gasteiger partial charge in [0.05, 0.1) is 11.6 Å². The van der Waals surface area contributed by atoms with Gasteiger partial charge in [-0.2, -0.15) is 11.8 Å². The Morgan fingerprint density at radius 1 is 1.50 bits per heavy atom. The van der Waals surface area contributed by atoms with E-state index in [1.54, 1.807) is 12.5 Å². The van der Waals surface area contributed by atoms with Crippen LogP contribution in [0.2, 0.25) is 0 Å². The highest BCUT2D eigenvalue weighted by Gasteiger charge is 2.09. The van der Waals surface area contributed by atoms with Crippen molar-refractivity contribution in [3.8, 4) is 0 Å². The largest absolute Gasteiger partial charge is 0.464 e. The van der Waals surface area contributed by atoms with Gasteiger partial charge < -0.3 is 9.73 Å². The van der Waals surface area contributed by atoms with Crippen molar-refractivity contribution in [2.75, 3.05) is 17.3 Å². The molecule has 2 heterocycles. The SMILES string of the molecule is CCC(CSC)Nc1nccc2occc12. The molecule has 0 amide bonds. The average molecular weight is 236 g/mol. The lowest BCUT2D eigenvalue weighted by atomic mass is 10.2. The summed E-state index contributed by atoms with van der Waals surface area (Å²) in [5, 5.41) is 4.52. The van der Waals surface area contributed by atoms with Crippen LogP contribution in [0.1, 0.15) is 13.3 Å². The van der Waals surface area contributed by atoms with E-state index in [2.05, 4.69) is 23.5 Å². The molecule has 0 bridgehead atoms. The van der Waals surface area contributed by atoms with E-state index in [0.717, 1.165) is 29.0 Å². The van der Waals surface area contributed by atoms with Crippen LogP contribution in [0.5, 0.6) is 0 Å². The lowest BCUT2D eigenvalue weighted by Gasteiger charge is -2.16. The molecule has 3 nitrogen and oxygen atoms in total. The number of hydrogen-bond acceptors (Lipinski definition) is 4. The molecule has 4 heteroatoms. The second-order valence-electron chi connectivity index (χ2n) is 3.70. The Balaban J connectivity index is 2.22. The normalized spacial score (nSPS) is 12.9. The van der Waals surface area contributed by atoms with Crippen molar-refractivity contribution in [3.63, 3.8) is 0 Å². The number of fused-ring (bicyclic) bond motifs is 1. The van der Waals surface area contributed by atoms with Crippen molar-refractivity contribution in [3.05, 3.63) is 24.6 Å². The van der Waals surface area contributed by atoms with Crippen LogP contribution in [0.4, 0.5) is 5.82 Å². The van der Waals surface area contributed by atoms with E-state index in [-0.39, 0.29) is 0 Å². The highest BCUT2D eigenvalue weighted by molar-refractivity contribution is 7.98. The maximum atomic E-state index is 5.35. The smallest absolute Gasteiger partial charge is 0.139 e. The van der Waals surface area contributed by atoms with E-state index in [0.29, 0.717) is 6.04 Å². The van der Waals surface area contributed by atoms with E-state index in [1.807, 2.05) is 23.9 Å². The van der Waals surface area contributed by atoms with Gasteiger partial charge in [-0.25, -0.2) is 4.98 Å². The molecule has 0 aromatic carbocycles. The van der Waals surface area contributed by atoms with Gasteiger partial charge in [-0.05, 0) is 24.8 Å². The van der Waals surface area contributed by atoms with Crippen LogP contribution in [0.3, 0.4) is 0 Å². The summed E-state index contributed by atoms with van der Waals surface area (Å²) in [6.07, 6.45) is 6.69. The Morgan fingerprint density at radius 3 is 3.12 bits per heavy atom. The van der Waals surface area contributed by atoms with Crippen LogP contribution in [0.15, 0.2) is 29.0 Å². The Hall–Kier alpha value is -1.16. The number of hydrogen-bond donors (Lipinski definition) is 1. The molecule has 16 heavy (non-hydrogen) atoms. The Kier molecular flexibility index (Phi) is 3.72. The van der Waals surface area contributed by atoms with Gasteiger partial charge in [0.25, 0.3) is 0 Å². The Morgan fingerprint density at radius 2 is 2.38 bits per heavy atom. The van der Waals surface area contributed by atoms with Crippen molar-refractivity contribution in [2.24, 2.45) is 0 Å². The monoisotopic (exact) mass is 236 g/mol. The molecule has 0 aliphatic heterocycles. The van der Waals surface area contributed by atoms with Crippen LogP contribution in [0, 0.1) is 0 Å². The first-order valence-corrected chi connectivity index (χ1v) is 6.82. The molecule has 2 aromatic heterocycles. The minimum atomic E-state index is 0.461. The fraction of sp³-hybridized carbons (Fsp3) is 0.417. The van der Waals surface area contributed by atoms with E-state index < -0.39 is 0 Å². The van der Waals surface area contributed by atoms with Gasteiger partial charge in [0.1, 0.15) is 11.4 Å². The summed E-state index contributed by atoms with van der Waals surface area (Å²) in [6.45, 7) is 2.18. The fourth-order valence-corrected chi connectivity index (χ4v) is 2.39. The van der Waals surface area contributed by atoms with Gasteiger partial charge in [0, 0.05) is 18.0 Å². The molecule has 86 valence electrons. The summed E-state index contributed by atoms with van der Waals surface area (Å²) in [6, 6.07) is 4.30. The number of nitrogens with zero attached hydrogens (tertiary/aromatic N) is 1. The van der Waals surface area contributed by atoms with Gasteiger partial charge in [-0.3, -0.25) is 0 Å². The van der Waals surface area contributed by atoms with Gasteiger partial charge in [0.2, 0.25) is 0 Å². The second-order valence-corrected chi connectivity index (χ2v) is 4.61. The van der Waals surface area contributed by atoms with Crippen molar-refractivity contribution in [2.45, 2.75) is 19.4 Å². The van der Waals surface area contributed by atoms with Crippen LogP contribution >= 0.6 is 11.8 Å². The number of furan rings is 1. The maximum Gasteiger partial charge on any atom is 0.139 e. The number of anilines is 1. The van der Waals surface area contributed by atoms with Crippen molar-refractivity contribution in [1.29, 1.82) is 0 Å². The standard InChI is InChI=1S/C12H16N2OS/c1-3-9(8-16-2)14-12-10-5-7-15-11(10)4-6-13-12/h4-7,9H,3,8H2,1-2H3,(H,13,14). The topological polar surface area (TPSA) is 38.1 Å². The molecule has 2 aromatic rings. The molecule has 0 saturated heterocycles. The molecule has 0 aliphatic rings. The lowest BCUT2D eigenvalue weighted by Crippen LogP contribution is -2.21. The summed E-state index contributed by atoms with van der Waals surface area (Å²) < 4.78 is 5.35. The predicted molar refractivity (Wildman–Crippen MR) is 70.1 cm³/mol. The van der Waals surface area contributed by atoms with Crippen molar-refractivity contribution >= 4 is 28.5 Å². The van der Waals surface area contributed by atoms with Crippen LogP contribution in [-0.4, -0.2) is 23.0 Å².